The predicted molar refractivity (Wildman–Crippen MR) is 121 cm³/mol. The molecule has 0 aliphatic carbocycles. The lowest BCUT2D eigenvalue weighted by atomic mass is 10.0. The molecule has 4 rings (SSSR count). The molecule has 0 bridgehead atoms. The first-order valence-electron chi connectivity index (χ1n) is 10.6. The average molecular weight is 439 g/mol. The Morgan fingerprint density at radius 1 is 1.10 bits per heavy atom. The number of nitrogens with one attached hydrogen (secondary N) is 1. The molecule has 1 atom stereocenters. The summed E-state index contributed by atoms with van der Waals surface area (Å²) in [6.45, 7) is 3.68. The average Bonchev–Trinajstić information content (AvgIpc) is 3.29. The maximum Gasteiger partial charge on any atom is 0.220 e. The molecule has 1 amide bonds. The Morgan fingerprint density at radius 2 is 1.84 bits per heavy atom. The summed E-state index contributed by atoms with van der Waals surface area (Å²) in [6, 6.07) is 17.9. The highest BCUT2D eigenvalue weighted by atomic mass is 35.5. The van der Waals surface area contributed by atoms with Gasteiger partial charge in [0.1, 0.15) is 0 Å². The molecule has 0 spiro atoms. The lowest BCUT2D eigenvalue weighted by Crippen LogP contribution is -2.43. The van der Waals surface area contributed by atoms with Crippen LogP contribution in [0.3, 0.4) is 0 Å². The van der Waals surface area contributed by atoms with Gasteiger partial charge in [0.25, 0.3) is 0 Å². The predicted octanol–water partition coefficient (Wildman–Crippen LogP) is 3.65. The van der Waals surface area contributed by atoms with Gasteiger partial charge in [0.15, 0.2) is 0 Å². The highest BCUT2D eigenvalue weighted by Crippen LogP contribution is 2.23. The number of aryl methyl sites for hydroxylation is 1. The second-order valence-corrected chi connectivity index (χ2v) is 8.08. The van der Waals surface area contributed by atoms with Crippen molar-refractivity contribution in [3.05, 3.63) is 83.1 Å². The van der Waals surface area contributed by atoms with Crippen LogP contribution in [0.25, 0.3) is 5.69 Å². The Bertz CT molecular complexity index is 969. The summed E-state index contributed by atoms with van der Waals surface area (Å²) in [5.41, 5.74) is 3.20. The molecule has 1 aromatic heterocycles. The Kier molecular flexibility index (Phi) is 7.35. The summed E-state index contributed by atoms with van der Waals surface area (Å²) in [7, 11) is 0. The number of nitrogens with zero attached hydrogens (tertiary/aromatic N) is 3. The molecule has 1 aliphatic heterocycles. The molecule has 0 saturated carbocycles. The van der Waals surface area contributed by atoms with Crippen LogP contribution in [0.15, 0.2) is 67.0 Å². The van der Waals surface area contributed by atoms with Gasteiger partial charge in [-0.3, -0.25) is 9.69 Å². The standard InChI is InChI=1S/C24H27ClN4O2/c25-21-9-7-20(8-10-21)23(28-12-14-31-15-13-28)17-26-24(30)11-6-19-16-27-29(18-19)22-4-2-1-3-5-22/h1-5,7-10,16,18,23H,6,11-15,17H2,(H,26,30). The molecule has 1 fully saturated rings. The fraction of sp³-hybridized carbons (Fsp3) is 0.333. The van der Waals surface area contributed by atoms with E-state index in [0.717, 1.165) is 29.9 Å². The summed E-state index contributed by atoms with van der Waals surface area (Å²) in [5, 5.41) is 8.24. The molecule has 1 N–H and O–H groups in total. The monoisotopic (exact) mass is 438 g/mol. The van der Waals surface area contributed by atoms with Gasteiger partial charge in [0.2, 0.25) is 5.91 Å². The molecule has 1 unspecified atom stereocenters. The lowest BCUT2D eigenvalue weighted by Gasteiger charge is -2.35. The van der Waals surface area contributed by atoms with Crippen LogP contribution in [0.2, 0.25) is 5.02 Å². The van der Waals surface area contributed by atoms with Crippen molar-refractivity contribution in [2.24, 2.45) is 0 Å². The molecule has 162 valence electrons. The highest BCUT2D eigenvalue weighted by Gasteiger charge is 2.23. The molecule has 0 radical (unpaired) electrons. The molecule has 7 heteroatoms. The van der Waals surface area contributed by atoms with E-state index in [1.807, 2.05) is 71.7 Å². The highest BCUT2D eigenvalue weighted by molar-refractivity contribution is 6.30. The number of para-hydroxylation sites is 1. The van der Waals surface area contributed by atoms with E-state index in [-0.39, 0.29) is 11.9 Å². The van der Waals surface area contributed by atoms with E-state index in [0.29, 0.717) is 37.6 Å². The molecule has 1 saturated heterocycles. The molecule has 31 heavy (non-hydrogen) atoms. The lowest BCUT2D eigenvalue weighted by molar-refractivity contribution is -0.121. The molecule has 6 nitrogen and oxygen atoms in total. The van der Waals surface area contributed by atoms with E-state index in [2.05, 4.69) is 15.3 Å². The number of amides is 1. The summed E-state index contributed by atoms with van der Waals surface area (Å²) >= 11 is 6.06. The fourth-order valence-corrected chi connectivity index (χ4v) is 3.93. The summed E-state index contributed by atoms with van der Waals surface area (Å²) in [6.07, 6.45) is 4.89. The molecule has 2 heterocycles. The van der Waals surface area contributed by atoms with E-state index in [1.165, 1.54) is 0 Å². The number of rotatable bonds is 8. The molecule has 2 aromatic carbocycles. The molecular formula is C24H27ClN4O2. The van der Waals surface area contributed by atoms with Crippen LogP contribution in [0.4, 0.5) is 0 Å². The first-order chi connectivity index (χ1) is 15.2. The van der Waals surface area contributed by atoms with Gasteiger partial charge in [0.05, 0.1) is 31.1 Å². The van der Waals surface area contributed by atoms with Crippen LogP contribution < -0.4 is 5.32 Å². The minimum Gasteiger partial charge on any atom is -0.379 e. The first-order valence-corrected chi connectivity index (χ1v) is 11.0. The van der Waals surface area contributed by atoms with E-state index >= 15 is 0 Å². The Balaban J connectivity index is 1.32. The van der Waals surface area contributed by atoms with Crippen LogP contribution in [0.1, 0.15) is 23.6 Å². The number of morpholine rings is 1. The number of hydrogen-bond acceptors (Lipinski definition) is 4. The van der Waals surface area contributed by atoms with Crippen LogP contribution in [-0.2, 0) is 16.0 Å². The maximum atomic E-state index is 12.6. The van der Waals surface area contributed by atoms with Gasteiger partial charge in [0, 0.05) is 37.3 Å². The zero-order chi connectivity index (χ0) is 21.5. The van der Waals surface area contributed by atoms with Gasteiger partial charge >= 0.3 is 0 Å². The normalized spacial score (nSPS) is 15.5. The summed E-state index contributed by atoms with van der Waals surface area (Å²) < 4.78 is 7.33. The van der Waals surface area contributed by atoms with Gasteiger partial charge in [-0.1, -0.05) is 41.9 Å². The van der Waals surface area contributed by atoms with Crippen molar-refractivity contribution < 1.29 is 9.53 Å². The van der Waals surface area contributed by atoms with Crippen molar-refractivity contribution in [3.8, 4) is 5.69 Å². The van der Waals surface area contributed by atoms with Crippen molar-refractivity contribution in [1.82, 2.24) is 20.0 Å². The van der Waals surface area contributed by atoms with Crippen LogP contribution in [0.5, 0.6) is 0 Å². The topological polar surface area (TPSA) is 59.4 Å². The number of ether oxygens (including phenoxy) is 1. The minimum absolute atomic E-state index is 0.0414. The number of carbonyl (C=O) groups is 1. The Labute approximate surface area is 187 Å². The van der Waals surface area contributed by atoms with Gasteiger partial charge in [-0.05, 0) is 41.8 Å². The molecule has 3 aromatic rings. The van der Waals surface area contributed by atoms with Crippen molar-refractivity contribution in [2.45, 2.75) is 18.9 Å². The van der Waals surface area contributed by atoms with Gasteiger partial charge in [-0.2, -0.15) is 5.10 Å². The van der Waals surface area contributed by atoms with Crippen LogP contribution in [-0.4, -0.2) is 53.4 Å². The minimum atomic E-state index is 0.0414. The van der Waals surface area contributed by atoms with Crippen LogP contribution >= 0.6 is 11.6 Å². The zero-order valence-electron chi connectivity index (χ0n) is 17.4. The number of halogens is 1. The van der Waals surface area contributed by atoms with Gasteiger partial charge in [-0.25, -0.2) is 4.68 Å². The Morgan fingerprint density at radius 3 is 2.58 bits per heavy atom. The SMILES string of the molecule is O=C(CCc1cnn(-c2ccccc2)c1)NCC(c1ccc(Cl)cc1)N1CCOCC1. The summed E-state index contributed by atoms with van der Waals surface area (Å²) in [4.78, 5) is 14.9. The Hall–Kier alpha value is -2.67. The zero-order valence-corrected chi connectivity index (χ0v) is 18.2. The first kappa shape index (κ1) is 21.6. The third-order valence-corrected chi connectivity index (χ3v) is 5.78. The quantitative estimate of drug-likeness (QED) is 0.583. The van der Waals surface area contributed by atoms with Crippen molar-refractivity contribution in [1.29, 1.82) is 0 Å². The third-order valence-electron chi connectivity index (χ3n) is 5.53. The number of hydrogen-bond donors (Lipinski definition) is 1. The summed E-state index contributed by atoms with van der Waals surface area (Å²) in [5.74, 6) is 0.0414. The largest absolute Gasteiger partial charge is 0.379 e. The number of aromatic nitrogens is 2. The van der Waals surface area contributed by atoms with Crippen LogP contribution in [0, 0.1) is 0 Å². The molecule has 1 aliphatic rings. The van der Waals surface area contributed by atoms with Crippen molar-refractivity contribution >= 4 is 17.5 Å². The van der Waals surface area contributed by atoms with E-state index in [9.17, 15) is 4.79 Å². The smallest absolute Gasteiger partial charge is 0.220 e. The van der Waals surface area contributed by atoms with Gasteiger partial charge in [-0.15, -0.1) is 0 Å². The van der Waals surface area contributed by atoms with Crippen molar-refractivity contribution in [3.63, 3.8) is 0 Å². The second kappa shape index (κ2) is 10.6. The third kappa shape index (κ3) is 5.94. The van der Waals surface area contributed by atoms with Crippen molar-refractivity contribution in [2.75, 3.05) is 32.8 Å². The number of benzene rings is 2. The van der Waals surface area contributed by atoms with Gasteiger partial charge < -0.3 is 10.1 Å². The second-order valence-electron chi connectivity index (χ2n) is 7.65. The van der Waals surface area contributed by atoms with E-state index < -0.39 is 0 Å². The fourth-order valence-electron chi connectivity index (χ4n) is 3.80. The van der Waals surface area contributed by atoms with E-state index in [1.54, 1.807) is 0 Å². The van der Waals surface area contributed by atoms with E-state index in [4.69, 9.17) is 16.3 Å². The maximum absolute atomic E-state index is 12.6. The molecular weight excluding hydrogens is 412 g/mol. The number of carbonyl (C=O) groups excluding carboxylic acids is 1.